The van der Waals surface area contributed by atoms with Crippen molar-refractivity contribution >= 4 is 43.8 Å². The van der Waals surface area contributed by atoms with Crippen LogP contribution in [-0.2, 0) is 14.3 Å². The molecule has 1 saturated carbocycles. The minimum Gasteiger partial charge on any atom is -0.391 e. The zero-order valence-electron chi connectivity index (χ0n) is 6.81. The molecule has 72 valence electrons. The first-order chi connectivity index (χ1) is 6.01. The minimum atomic E-state index is -0.824. The summed E-state index contributed by atoms with van der Waals surface area (Å²) >= 11 is 6.68. The molecule has 0 aromatic rings. The fourth-order valence-electron chi connectivity index (χ4n) is 1.91. The van der Waals surface area contributed by atoms with Crippen molar-refractivity contribution in [3.8, 4) is 0 Å². The van der Waals surface area contributed by atoms with Crippen LogP contribution in [0.4, 0.5) is 0 Å². The van der Waals surface area contributed by atoms with Gasteiger partial charge in [-0.25, -0.2) is 9.59 Å². The summed E-state index contributed by atoms with van der Waals surface area (Å²) in [7, 11) is 0. The second-order valence-corrected chi connectivity index (χ2v) is 6.19. The monoisotopic (exact) mass is 310 g/mol. The zero-order chi connectivity index (χ0) is 9.69. The molecular formula is C8H8Br2O3. The number of carbonyl (C=O) groups is 2. The Bertz CT molecular complexity index is 263. The number of halogens is 2. The third-order valence-electron chi connectivity index (χ3n) is 2.75. The molecule has 2 unspecified atom stereocenters. The summed E-state index contributed by atoms with van der Waals surface area (Å²) in [5, 5.41) is 0. The van der Waals surface area contributed by atoms with E-state index in [1.165, 1.54) is 0 Å². The second-order valence-electron chi connectivity index (χ2n) is 3.49. The molecule has 2 aliphatic rings. The summed E-state index contributed by atoms with van der Waals surface area (Å²) in [6.45, 7) is 0. The van der Waals surface area contributed by atoms with Gasteiger partial charge in [0.25, 0.3) is 0 Å². The van der Waals surface area contributed by atoms with Gasteiger partial charge in [0.05, 0.1) is 0 Å². The van der Waals surface area contributed by atoms with Crippen LogP contribution < -0.4 is 0 Å². The van der Waals surface area contributed by atoms with E-state index in [2.05, 4.69) is 36.6 Å². The Morgan fingerprint density at radius 1 is 1.00 bits per heavy atom. The Morgan fingerprint density at radius 3 is 1.77 bits per heavy atom. The number of cyclic esters (lactones) is 2. The van der Waals surface area contributed by atoms with Crippen molar-refractivity contribution in [1.82, 2.24) is 0 Å². The molecule has 0 aromatic carbocycles. The van der Waals surface area contributed by atoms with Crippen LogP contribution in [0.3, 0.4) is 0 Å². The summed E-state index contributed by atoms with van der Waals surface area (Å²) in [5.74, 6) is -0.900. The van der Waals surface area contributed by atoms with E-state index in [0.29, 0.717) is 12.8 Å². The highest BCUT2D eigenvalue weighted by Gasteiger charge is 2.67. The first-order valence-electron chi connectivity index (χ1n) is 4.15. The van der Waals surface area contributed by atoms with Crippen LogP contribution in [0.1, 0.15) is 25.7 Å². The van der Waals surface area contributed by atoms with Crippen LogP contribution in [0, 0.1) is 0 Å². The SMILES string of the molecule is O=C1OC(=O)C2(Br)CCCCC12Br. The molecule has 0 aromatic heterocycles. The summed E-state index contributed by atoms with van der Waals surface area (Å²) in [5.41, 5.74) is 0. The highest BCUT2D eigenvalue weighted by Crippen LogP contribution is 2.54. The molecule has 2 atom stereocenters. The topological polar surface area (TPSA) is 43.4 Å². The summed E-state index contributed by atoms with van der Waals surface area (Å²) in [4.78, 5) is 22.9. The molecule has 3 nitrogen and oxygen atoms in total. The molecule has 2 fully saturated rings. The van der Waals surface area contributed by atoms with Gasteiger partial charge in [-0.2, -0.15) is 0 Å². The van der Waals surface area contributed by atoms with Gasteiger partial charge in [0, 0.05) is 0 Å². The number of rotatable bonds is 0. The Kier molecular flexibility index (Phi) is 2.07. The molecule has 0 bridgehead atoms. The van der Waals surface area contributed by atoms with Crippen molar-refractivity contribution in [2.75, 3.05) is 0 Å². The molecule has 1 heterocycles. The van der Waals surface area contributed by atoms with Crippen LogP contribution in [0.25, 0.3) is 0 Å². The van der Waals surface area contributed by atoms with Crippen molar-refractivity contribution < 1.29 is 14.3 Å². The Hall–Kier alpha value is 0.1000. The smallest absolute Gasteiger partial charge is 0.332 e. The fraction of sp³-hybridized carbons (Fsp3) is 0.750. The maximum absolute atomic E-state index is 11.4. The van der Waals surface area contributed by atoms with Gasteiger partial charge in [-0.1, -0.05) is 44.7 Å². The van der Waals surface area contributed by atoms with Gasteiger partial charge in [0.1, 0.15) is 8.65 Å². The van der Waals surface area contributed by atoms with E-state index in [4.69, 9.17) is 0 Å². The summed E-state index contributed by atoms with van der Waals surface area (Å²) in [6.07, 6.45) is 3.20. The number of hydrogen-bond donors (Lipinski definition) is 0. The number of fused-ring (bicyclic) bond motifs is 1. The highest BCUT2D eigenvalue weighted by molar-refractivity contribution is 9.13. The van der Waals surface area contributed by atoms with Gasteiger partial charge in [-0.05, 0) is 12.8 Å². The van der Waals surface area contributed by atoms with Crippen molar-refractivity contribution in [2.24, 2.45) is 0 Å². The van der Waals surface area contributed by atoms with E-state index in [9.17, 15) is 9.59 Å². The Morgan fingerprint density at radius 2 is 1.38 bits per heavy atom. The van der Waals surface area contributed by atoms with E-state index in [1.807, 2.05) is 0 Å². The number of carbonyl (C=O) groups excluding carboxylic acids is 2. The number of esters is 2. The molecular weight excluding hydrogens is 304 g/mol. The fourth-order valence-corrected chi connectivity index (χ4v) is 3.35. The molecule has 13 heavy (non-hydrogen) atoms. The largest absolute Gasteiger partial charge is 0.391 e. The minimum absolute atomic E-state index is 0.450. The average molecular weight is 312 g/mol. The maximum Gasteiger partial charge on any atom is 0.332 e. The molecule has 0 spiro atoms. The molecule has 0 radical (unpaired) electrons. The normalized spacial score (nSPS) is 44.5. The van der Waals surface area contributed by atoms with E-state index < -0.39 is 20.6 Å². The van der Waals surface area contributed by atoms with Crippen molar-refractivity contribution in [3.63, 3.8) is 0 Å². The molecule has 5 heteroatoms. The number of alkyl halides is 2. The first kappa shape index (κ1) is 9.65. The lowest BCUT2D eigenvalue weighted by Crippen LogP contribution is -2.49. The molecule has 2 rings (SSSR count). The summed E-state index contributed by atoms with van der Waals surface area (Å²) in [6, 6.07) is 0. The van der Waals surface area contributed by atoms with Crippen LogP contribution in [0.2, 0.25) is 0 Å². The van der Waals surface area contributed by atoms with Gasteiger partial charge in [-0.15, -0.1) is 0 Å². The van der Waals surface area contributed by atoms with Crippen LogP contribution in [0.15, 0.2) is 0 Å². The number of ether oxygens (including phenoxy) is 1. The quantitative estimate of drug-likeness (QED) is 0.390. The lowest BCUT2D eigenvalue weighted by molar-refractivity contribution is -0.153. The van der Waals surface area contributed by atoms with E-state index in [1.54, 1.807) is 0 Å². The number of hydrogen-bond acceptors (Lipinski definition) is 3. The third kappa shape index (κ3) is 1.06. The Balaban J connectivity index is 2.46. The van der Waals surface area contributed by atoms with Crippen molar-refractivity contribution in [2.45, 2.75) is 34.3 Å². The average Bonchev–Trinajstić information content (AvgIpc) is 2.25. The zero-order valence-corrected chi connectivity index (χ0v) is 9.98. The van der Waals surface area contributed by atoms with Gasteiger partial charge in [0.15, 0.2) is 0 Å². The molecule has 1 aliphatic heterocycles. The molecule has 1 saturated heterocycles. The standard InChI is InChI=1S/C8H8Br2O3/c9-7-3-1-2-4-8(7,10)6(12)13-5(7)11/h1-4H2. The van der Waals surface area contributed by atoms with Crippen molar-refractivity contribution in [3.05, 3.63) is 0 Å². The van der Waals surface area contributed by atoms with Gasteiger partial charge < -0.3 is 4.74 Å². The first-order valence-corrected chi connectivity index (χ1v) is 5.74. The Labute approximate surface area is 92.5 Å². The van der Waals surface area contributed by atoms with Gasteiger partial charge >= 0.3 is 11.9 Å². The molecule has 1 aliphatic carbocycles. The molecule has 0 amide bonds. The lowest BCUT2D eigenvalue weighted by atomic mass is 9.80. The van der Waals surface area contributed by atoms with E-state index >= 15 is 0 Å². The maximum atomic E-state index is 11.4. The van der Waals surface area contributed by atoms with E-state index in [-0.39, 0.29) is 0 Å². The van der Waals surface area contributed by atoms with Crippen LogP contribution in [-0.4, -0.2) is 20.6 Å². The predicted octanol–water partition coefficient (Wildman–Crippen LogP) is 1.91. The van der Waals surface area contributed by atoms with Crippen LogP contribution >= 0.6 is 31.9 Å². The second kappa shape index (κ2) is 2.79. The van der Waals surface area contributed by atoms with E-state index in [0.717, 1.165) is 12.8 Å². The third-order valence-corrected chi connectivity index (χ3v) is 6.08. The van der Waals surface area contributed by atoms with Crippen LogP contribution in [0.5, 0.6) is 0 Å². The van der Waals surface area contributed by atoms with Crippen molar-refractivity contribution in [1.29, 1.82) is 0 Å². The highest BCUT2D eigenvalue weighted by atomic mass is 79.9. The summed E-state index contributed by atoms with van der Waals surface area (Å²) < 4.78 is 2.99. The van der Waals surface area contributed by atoms with Gasteiger partial charge in [-0.3, -0.25) is 0 Å². The predicted molar refractivity (Wildman–Crippen MR) is 52.9 cm³/mol. The molecule has 0 N–H and O–H groups in total. The van der Waals surface area contributed by atoms with Gasteiger partial charge in [0.2, 0.25) is 0 Å². The lowest BCUT2D eigenvalue weighted by Gasteiger charge is -2.34.